The first-order valence-corrected chi connectivity index (χ1v) is 11.3. The Morgan fingerprint density at radius 3 is 2.58 bits per heavy atom. The number of para-hydroxylation sites is 1. The highest BCUT2D eigenvalue weighted by atomic mass is 32.2. The van der Waals surface area contributed by atoms with Gasteiger partial charge in [-0.3, -0.25) is 14.7 Å². The topological polar surface area (TPSA) is 57.7 Å². The molecular formula is C24H24N4O2S. The zero-order chi connectivity index (χ0) is 21.0. The molecule has 3 aromatic rings. The van der Waals surface area contributed by atoms with Gasteiger partial charge >= 0.3 is 0 Å². The Morgan fingerprint density at radius 2 is 1.84 bits per heavy atom. The van der Waals surface area contributed by atoms with Crippen LogP contribution in [0.15, 0.2) is 78.0 Å². The van der Waals surface area contributed by atoms with Gasteiger partial charge in [0.1, 0.15) is 5.75 Å². The molecule has 0 saturated carbocycles. The van der Waals surface area contributed by atoms with Crippen molar-refractivity contribution in [2.24, 2.45) is 0 Å². The number of hydrogen-bond donors (Lipinski definition) is 1. The molecule has 6 nitrogen and oxygen atoms in total. The summed E-state index contributed by atoms with van der Waals surface area (Å²) in [5.41, 5.74) is 2.92. The van der Waals surface area contributed by atoms with E-state index < -0.39 is 0 Å². The number of anilines is 1. The molecule has 31 heavy (non-hydrogen) atoms. The zero-order valence-electron chi connectivity index (χ0n) is 17.1. The molecule has 2 aliphatic heterocycles. The zero-order valence-corrected chi connectivity index (χ0v) is 17.9. The molecule has 1 saturated heterocycles. The number of piperazine rings is 1. The standard InChI is InChI=1S/C24H24N4O2S/c29-23(19-4-3-11-25-16-19)28-14-12-27(13-15-28)17-18-7-9-20(10-8-18)30-24-26-21-5-1-2-6-22(21)31-24/h1-11,16,24,26H,12-15,17H2. The van der Waals surface area contributed by atoms with Crippen LogP contribution in [0.1, 0.15) is 15.9 Å². The summed E-state index contributed by atoms with van der Waals surface area (Å²) in [5, 5.41) is 3.38. The van der Waals surface area contributed by atoms with Gasteiger partial charge in [-0.05, 0) is 42.0 Å². The van der Waals surface area contributed by atoms with E-state index in [0.29, 0.717) is 5.56 Å². The summed E-state index contributed by atoms with van der Waals surface area (Å²) in [6, 6.07) is 20.2. The molecule has 3 heterocycles. The molecule has 2 aromatic carbocycles. The number of amides is 1. The second-order valence-corrected chi connectivity index (χ2v) is 8.77. The second-order valence-electron chi connectivity index (χ2n) is 7.66. The largest absolute Gasteiger partial charge is 0.461 e. The lowest BCUT2D eigenvalue weighted by Crippen LogP contribution is -2.48. The summed E-state index contributed by atoms with van der Waals surface area (Å²) in [6.45, 7) is 4.08. The number of nitrogens with zero attached hydrogens (tertiary/aromatic N) is 3. The lowest BCUT2D eigenvalue weighted by molar-refractivity contribution is 0.0628. The predicted molar refractivity (Wildman–Crippen MR) is 122 cm³/mol. The first-order chi connectivity index (χ1) is 15.2. The van der Waals surface area contributed by atoms with E-state index in [2.05, 4.69) is 39.5 Å². The summed E-state index contributed by atoms with van der Waals surface area (Å²) in [5.74, 6) is 0.920. The van der Waals surface area contributed by atoms with Crippen molar-refractivity contribution in [1.82, 2.24) is 14.8 Å². The maximum Gasteiger partial charge on any atom is 0.255 e. The van der Waals surface area contributed by atoms with Gasteiger partial charge in [0.15, 0.2) is 0 Å². The Balaban J connectivity index is 1.11. The highest BCUT2D eigenvalue weighted by molar-refractivity contribution is 8.00. The van der Waals surface area contributed by atoms with Gasteiger partial charge in [-0.2, -0.15) is 0 Å². The van der Waals surface area contributed by atoms with Crippen LogP contribution in [0.2, 0.25) is 0 Å². The highest BCUT2D eigenvalue weighted by Crippen LogP contribution is 2.38. The minimum atomic E-state index is -0.103. The van der Waals surface area contributed by atoms with E-state index in [9.17, 15) is 4.79 Å². The van der Waals surface area contributed by atoms with Crippen LogP contribution >= 0.6 is 11.8 Å². The number of nitrogens with one attached hydrogen (secondary N) is 1. The normalized spacial score (nSPS) is 18.3. The van der Waals surface area contributed by atoms with E-state index >= 15 is 0 Å². The number of benzene rings is 2. The van der Waals surface area contributed by atoms with Crippen LogP contribution in [0.3, 0.4) is 0 Å². The van der Waals surface area contributed by atoms with Crippen LogP contribution in [0.4, 0.5) is 5.69 Å². The average Bonchev–Trinajstić information content (AvgIpc) is 3.23. The summed E-state index contributed by atoms with van der Waals surface area (Å²) < 4.78 is 6.07. The van der Waals surface area contributed by atoms with Crippen molar-refractivity contribution in [1.29, 1.82) is 0 Å². The van der Waals surface area contributed by atoms with Crippen LogP contribution in [-0.4, -0.2) is 52.4 Å². The van der Waals surface area contributed by atoms with Crippen molar-refractivity contribution in [3.05, 3.63) is 84.2 Å². The number of thioether (sulfide) groups is 1. The quantitative estimate of drug-likeness (QED) is 0.660. The second kappa shape index (κ2) is 8.99. The molecule has 2 aliphatic rings. The molecule has 0 radical (unpaired) electrons. The van der Waals surface area contributed by atoms with Crippen LogP contribution in [-0.2, 0) is 6.54 Å². The van der Waals surface area contributed by atoms with Crippen LogP contribution in [0.25, 0.3) is 0 Å². The minimum Gasteiger partial charge on any atom is -0.461 e. The Morgan fingerprint density at radius 1 is 1.03 bits per heavy atom. The molecule has 0 aliphatic carbocycles. The number of hydrogen-bond acceptors (Lipinski definition) is 6. The van der Waals surface area contributed by atoms with Crippen molar-refractivity contribution in [3.63, 3.8) is 0 Å². The minimum absolute atomic E-state index is 0.0646. The predicted octanol–water partition coefficient (Wildman–Crippen LogP) is 3.92. The van der Waals surface area contributed by atoms with Crippen LogP contribution in [0, 0.1) is 0 Å². The molecule has 158 valence electrons. The van der Waals surface area contributed by atoms with Crippen molar-refractivity contribution in [2.75, 3.05) is 31.5 Å². The first-order valence-electron chi connectivity index (χ1n) is 10.4. The summed E-state index contributed by atoms with van der Waals surface area (Å²) >= 11 is 1.69. The Hall–Kier alpha value is -3.03. The van der Waals surface area contributed by atoms with Gasteiger partial charge in [-0.1, -0.05) is 36.0 Å². The number of ether oxygens (including phenoxy) is 1. The molecule has 0 bridgehead atoms. The van der Waals surface area contributed by atoms with E-state index in [1.54, 1.807) is 30.2 Å². The molecule has 7 heteroatoms. The number of rotatable bonds is 5. The number of pyridine rings is 1. The van der Waals surface area contributed by atoms with Crippen molar-refractivity contribution < 1.29 is 9.53 Å². The Labute approximate surface area is 186 Å². The summed E-state index contributed by atoms with van der Waals surface area (Å²) in [7, 11) is 0. The SMILES string of the molecule is O=C(c1cccnc1)N1CCN(Cc2ccc(OC3Nc4ccccc4S3)cc2)CC1. The molecule has 1 N–H and O–H groups in total. The fourth-order valence-electron chi connectivity index (χ4n) is 3.85. The highest BCUT2D eigenvalue weighted by Gasteiger charge is 2.23. The molecule has 0 spiro atoms. The van der Waals surface area contributed by atoms with Gasteiger partial charge in [0.25, 0.3) is 5.91 Å². The van der Waals surface area contributed by atoms with E-state index in [0.717, 1.165) is 44.2 Å². The van der Waals surface area contributed by atoms with Crippen molar-refractivity contribution >= 4 is 23.4 Å². The number of fused-ring (bicyclic) bond motifs is 1. The van der Waals surface area contributed by atoms with E-state index in [1.807, 2.05) is 35.2 Å². The molecule has 1 amide bonds. The molecule has 1 atom stereocenters. The molecule has 5 rings (SSSR count). The monoisotopic (exact) mass is 432 g/mol. The van der Waals surface area contributed by atoms with Gasteiger partial charge in [-0.25, -0.2) is 0 Å². The third kappa shape index (κ3) is 4.68. The number of carbonyl (C=O) groups excluding carboxylic acids is 1. The van der Waals surface area contributed by atoms with E-state index in [-0.39, 0.29) is 11.5 Å². The van der Waals surface area contributed by atoms with E-state index in [1.165, 1.54) is 10.5 Å². The Bertz CT molecular complexity index is 1010. The van der Waals surface area contributed by atoms with Gasteiger partial charge in [0.05, 0.1) is 11.3 Å². The van der Waals surface area contributed by atoms with Crippen molar-refractivity contribution in [3.8, 4) is 5.75 Å². The van der Waals surface area contributed by atoms with Crippen LogP contribution < -0.4 is 10.1 Å². The summed E-state index contributed by atoms with van der Waals surface area (Å²) in [6.07, 6.45) is 3.32. The Kier molecular flexibility index (Phi) is 5.78. The maximum atomic E-state index is 12.6. The fourth-order valence-corrected chi connectivity index (χ4v) is 4.84. The molecule has 1 aromatic heterocycles. The molecule has 1 unspecified atom stereocenters. The lowest BCUT2D eigenvalue weighted by atomic mass is 10.1. The maximum absolute atomic E-state index is 12.6. The average molecular weight is 433 g/mol. The van der Waals surface area contributed by atoms with Gasteiger partial charge in [0.2, 0.25) is 5.56 Å². The van der Waals surface area contributed by atoms with Crippen LogP contribution in [0.5, 0.6) is 5.75 Å². The fraction of sp³-hybridized carbons (Fsp3) is 0.250. The number of aromatic nitrogens is 1. The van der Waals surface area contributed by atoms with Crippen molar-refractivity contribution in [2.45, 2.75) is 17.0 Å². The van der Waals surface area contributed by atoms with Gasteiger partial charge in [-0.15, -0.1) is 0 Å². The lowest BCUT2D eigenvalue weighted by Gasteiger charge is -2.34. The molecule has 1 fully saturated rings. The number of carbonyl (C=O) groups is 1. The smallest absolute Gasteiger partial charge is 0.255 e. The third-order valence-electron chi connectivity index (χ3n) is 5.54. The third-order valence-corrected chi connectivity index (χ3v) is 6.57. The first kappa shape index (κ1) is 19.9. The van der Waals surface area contributed by atoms with Gasteiger partial charge in [0, 0.05) is 50.0 Å². The van der Waals surface area contributed by atoms with E-state index in [4.69, 9.17) is 4.74 Å². The summed E-state index contributed by atoms with van der Waals surface area (Å²) in [4.78, 5) is 22.1. The van der Waals surface area contributed by atoms with Gasteiger partial charge < -0.3 is 15.0 Å². The molecular weight excluding hydrogens is 408 g/mol.